The van der Waals surface area contributed by atoms with Crippen molar-refractivity contribution in [2.24, 2.45) is 5.92 Å². The van der Waals surface area contributed by atoms with Gasteiger partial charge in [-0.15, -0.1) is 12.4 Å². The zero-order chi connectivity index (χ0) is 12.4. The second kappa shape index (κ2) is 6.76. The molecule has 0 spiro atoms. The molecule has 0 bridgehead atoms. The maximum Gasteiger partial charge on any atom is 0.0167 e. The van der Waals surface area contributed by atoms with Crippen LogP contribution >= 0.6 is 12.4 Å². The molecule has 3 rings (SSSR count). The summed E-state index contributed by atoms with van der Waals surface area (Å²) in [5.74, 6) is 1.68. The molecule has 0 N–H and O–H groups in total. The van der Waals surface area contributed by atoms with Gasteiger partial charge < -0.3 is 0 Å². The summed E-state index contributed by atoms with van der Waals surface area (Å²) < 4.78 is 0. The van der Waals surface area contributed by atoms with Crippen molar-refractivity contribution in [3.63, 3.8) is 0 Å². The molecular weight excluding hydrogens is 254 g/mol. The molecule has 2 aliphatic heterocycles. The SMILES string of the molecule is CC[C@@H]1CCN2CCCC[C@@H]2[C@H]1c1ccccc1.Cl. The fourth-order valence-electron chi connectivity index (χ4n) is 4.15. The molecule has 0 unspecified atom stereocenters. The Morgan fingerprint density at radius 3 is 2.58 bits per heavy atom. The van der Waals surface area contributed by atoms with Crippen molar-refractivity contribution in [2.75, 3.05) is 13.1 Å². The Morgan fingerprint density at radius 2 is 1.84 bits per heavy atom. The van der Waals surface area contributed by atoms with E-state index in [4.69, 9.17) is 0 Å². The minimum absolute atomic E-state index is 0. The van der Waals surface area contributed by atoms with Crippen LogP contribution in [0.3, 0.4) is 0 Å². The molecule has 1 nitrogen and oxygen atoms in total. The van der Waals surface area contributed by atoms with Crippen molar-refractivity contribution in [3.8, 4) is 0 Å². The molecule has 2 fully saturated rings. The van der Waals surface area contributed by atoms with Crippen LogP contribution in [0.25, 0.3) is 0 Å². The first-order valence-electron chi connectivity index (χ1n) is 7.69. The maximum atomic E-state index is 2.77. The molecular formula is C17H26ClN. The molecule has 19 heavy (non-hydrogen) atoms. The number of benzene rings is 1. The summed E-state index contributed by atoms with van der Waals surface area (Å²) in [4.78, 5) is 2.77. The molecule has 2 heteroatoms. The van der Waals surface area contributed by atoms with Gasteiger partial charge in [-0.25, -0.2) is 0 Å². The fraction of sp³-hybridized carbons (Fsp3) is 0.647. The van der Waals surface area contributed by atoms with E-state index in [0.29, 0.717) is 0 Å². The molecule has 2 aliphatic rings. The van der Waals surface area contributed by atoms with Crippen LogP contribution < -0.4 is 0 Å². The Balaban J connectivity index is 0.00000133. The van der Waals surface area contributed by atoms with E-state index in [0.717, 1.165) is 17.9 Å². The van der Waals surface area contributed by atoms with Crippen LogP contribution in [0.15, 0.2) is 30.3 Å². The zero-order valence-corrected chi connectivity index (χ0v) is 12.7. The van der Waals surface area contributed by atoms with Gasteiger partial charge in [-0.1, -0.05) is 50.1 Å². The minimum Gasteiger partial charge on any atom is -0.300 e. The lowest BCUT2D eigenvalue weighted by Crippen LogP contribution is -2.50. The molecule has 0 radical (unpaired) electrons. The molecule has 2 heterocycles. The van der Waals surface area contributed by atoms with Gasteiger partial charge in [0.15, 0.2) is 0 Å². The molecule has 0 aromatic heterocycles. The predicted octanol–water partition coefficient (Wildman–Crippen LogP) is 4.48. The third-order valence-corrected chi connectivity index (χ3v) is 5.08. The molecule has 0 saturated carbocycles. The summed E-state index contributed by atoms with van der Waals surface area (Å²) in [7, 11) is 0. The van der Waals surface area contributed by atoms with E-state index in [2.05, 4.69) is 42.2 Å². The van der Waals surface area contributed by atoms with Gasteiger partial charge in [0.1, 0.15) is 0 Å². The zero-order valence-electron chi connectivity index (χ0n) is 11.9. The normalized spacial score (nSPS) is 31.3. The van der Waals surface area contributed by atoms with Crippen LogP contribution in [0.1, 0.15) is 50.5 Å². The molecule has 106 valence electrons. The van der Waals surface area contributed by atoms with E-state index >= 15 is 0 Å². The summed E-state index contributed by atoms with van der Waals surface area (Å²) in [5, 5.41) is 0. The monoisotopic (exact) mass is 279 g/mol. The van der Waals surface area contributed by atoms with Crippen molar-refractivity contribution in [1.82, 2.24) is 4.90 Å². The van der Waals surface area contributed by atoms with E-state index < -0.39 is 0 Å². The molecule has 3 atom stereocenters. The molecule has 0 amide bonds. The van der Waals surface area contributed by atoms with Crippen LogP contribution in [0.2, 0.25) is 0 Å². The summed E-state index contributed by atoms with van der Waals surface area (Å²) in [6.07, 6.45) is 6.99. The fourth-order valence-corrected chi connectivity index (χ4v) is 4.15. The van der Waals surface area contributed by atoms with Crippen LogP contribution in [0, 0.1) is 5.92 Å². The Kier molecular flexibility index (Phi) is 5.29. The first-order chi connectivity index (χ1) is 8.90. The number of piperidine rings is 2. The van der Waals surface area contributed by atoms with Gasteiger partial charge >= 0.3 is 0 Å². The highest BCUT2D eigenvalue weighted by molar-refractivity contribution is 5.85. The Morgan fingerprint density at radius 1 is 1.05 bits per heavy atom. The van der Waals surface area contributed by atoms with Gasteiger partial charge in [0.25, 0.3) is 0 Å². The lowest BCUT2D eigenvalue weighted by atomic mass is 9.72. The topological polar surface area (TPSA) is 3.24 Å². The highest BCUT2D eigenvalue weighted by Crippen LogP contribution is 2.42. The quantitative estimate of drug-likeness (QED) is 0.772. The van der Waals surface area contributed by atoms with Crippen molar-refractivity contribution in [3.05, 3.63) is 35.9 Å². The van der Waals surface area contributed by atoms with Gasteiger partial charge in [-0.2, -0.15) is 0 Å². The number of hydrogen-bond acceptors (Lipinski definition) is 1. The third kappa shape index (κ3) is 2.98. The first kappa shape index (κ1) is 14.9. The van der Waals surface area contributed by atoms with E-state index in [9.17, 15) is 0 Å². The van der Waals surface area contributed by atoms with Crippen LogP contribution in [0.5, 0.6) is 0 Å². The Bertz CT molecular complexity index is 378. The van der Waals surface area contributed by atoms with E-state index in [1.54, 1.807) is 5.56 Å². The van der Waals surface area contributed by atoms with Crippen molar-refractivity contribution in [2.45, 2.75) is 51.0 Å². The van der Waals surface area contributed by atoms with E-state index in [1.165, 1.54) is 45.2 Å². The van der Waals surface area contributed by atoms with Gasteiger partial charge in [0.05, 0.1) is 0 Å². The number of hydrogen-bond donors (Lipinski definition) is 0. The summed E-state index contributed by atoms with van der Waals surface area (Å²) >= 11 is 0. The molecule has 0 aliphatic carbocycles. The largest absolute Gasteiger partial charge is 0.300 e. The highest BCUT2D eigenvalue weighted by Gasteiger charge is 2.38. The van der Waals surface area contributed by atoms with Crippen LogP contribution in [-0.4, -0.2) is 24.0 Å². The van der Waals surface area contributed by atoms with Crippen LogP contribution in [-0.2, 0) is 0 Å². The van der Waals surface area contributed by atoms with E-state index in [-0.39, 0.29) is 12.4 Å². The lowest BCUT2D eigenvalue weighted by Gasteiger charge is -2.48. The summed E-state index contributed by atoms with van der Waals surface area (Å²) in [6, 6.07) is 12.1. The predicted molar refractivity (Wildman–Crippen MR) is 84.0 cm³/mol. The van der Waals surface area contributed by atoms with Gasteiger partial charge in [0.2, 0.25) is 0 Å². The minimum atomic E-state index is 0. The third-order valence-electron chi connectivity index (χ3n) is 5.08. The number of nitrogens with zero attached hydrogens (tertiary/aromatic N) is 1. The maximum absolute atomic E-state index is 2.77. The second-order valence-corrected chi connectivity index (χ2v) is 5.99. The van der Waals surface area contributed by atoms with Crippen molar-refractivity contribution >= 4 is 12.4 Å². The summed E-state index contributed by atoms with van der Waals surface area (Å²) in [6.45, 7) is 5.05. The van der Waals surface area contributed by atoms with Crippen molar-refractivity contribution in [1.29, 1.82) is 0 Å². The Labute approximate surface area is 123 Å². The van der Waals surface area contributed by atoms with Gasteiger partial charge in [0, 0.05) is 12.0 Å². The highest BCUT2D eigenvalue weighted by atomic mass is 35.5. The molecule has 1 aromatic rings. The van der Waals surface area contributed by atoms with E-state index in [1.807, 2.05) is 0 Å². The standard InChI is InChI=1S/C17H25N.ClH/c1-2-14-11-13-18-12-7-6-10-16(18)17(14)15-8-4-3-5-9-15;/h3-5,8-9,14,16-17H,2,6-7,10-13H2,1H3;1H/t14-,16-,17-;/m1./s1. The second-order valence-electron chi connectivity index (χ2n) is 5.99. The smallest absolute Gasteiger partial charge is 0.0167 e. The van der Waals surface area contributed by atoms with Crippen LogP contribution in [0.4, 0.5) is 0 Å². The number of rotatable bonds is 2. The number of halogens is 1. The number of fused-ring (bicyclic) bond motifs is 1. The molecule has 1 aromatic carbocycles. The average molecular weight is 280 g/mol. The van der Waals surface area contributed by atoms with Gasteiger partial charge in [-0.3, -0.25) is 4.90 Å². The first-order valence-corrected chi connectivity index (χ1v) is 7.69. The van der Waals surface area contributed by atoms with Crippen molar-refractivity contribution < 1.29 is 0 Å². The van der Waals surface area contributed by atoms with Gasteiger partial charge in [-0.05, 0) is 43.8 Å². The molecule has 2 saturated heterocycles. The Hall–Kier alpha value is -0.530. The average Bonchev–Trinajstić information content (AvgIpc) is 2.47. The lowest BCUT2D eigenvalue weighted by molar-refractivity contribution is 0.0547. The summed E-state index contributed by atoms with van der Waals surface area (Å²) in [5.41, 5.74) is 1.58.